The van der Waals surface area contributed by atoms with Crippen molar-refractivity contribution in [1.29, 1.82) is 0 Å². The SMILES string of the molecule is COC(=O)c1cc(N)ccc1Oc1cccc(OC(F)(F)F)c1. The third-order valence-electron chi connectivity index (χ3n) is 2.68. The molecular formula is C15H12F3NO4. The van der Waals surface area contributed by atoms with Gasteiger partial charge in [0, 0.05) is 11.8 Å². The monoisotopic (exact) mass is 327 g/mol. The van der Waals surface area contributed by atoms with Gasteiger partial charge in [-0.1, -0.05) is 6.07 Å². The van der Waals surface area contributed by atoms with Gasteiger partial charge >= 0.3 is 12.3 Å². The maximum Gasteiger partial charge on any atom is 0.573 e. The lowest BCUT2D eigenvalue weighted by molar-refractivity contribution is -0.274. The zero-order valence-corrected chi connectivity index (χ0v) is 11.9. The molecule has 8 heteroatoms. The highest BCUT2D eigenvalue weighted by molar-refractivity contribution is 5.93. The number of hydrogen-bond acceptors (Lipinski definition) is 5. The summed E-state index contributed by atoms with van der Waals surface area (Å²) in [5.74, 6) is -0.975. The minimum absolute atomic E-state index is 0.0506. The van der Waals surface area contributed by atoms with Crippen LogP contribution >= 0.6 is 0 Å². The topological polar surface area (TPSA) is 70.8 Å². The molecule has 0 aliphatic rings. The minimum Gasteiger partial charge on any atom is -0.465 e. The molecule has 5 nitrogen and oxygen atoms in total. The summed E-state index contributed by atoms with van der Waals surface area (Å²) in [6.07, 6.45) is -4.81. The number of alkyl halides is 3. The van der Waals surface area contributed by atoms with Gasteiger partial charge in [0.25, 0.3) is 0 Å². The number of ether oxygens (including phenoxy) is 3. The first-order chi connectivity index (χ1) is 10.8. The molecule has 0 heterocycles. The first kappa shape index (κ1) is 16.5. The predicted molar refractivity (Wildman–Crippen MR) is 75.4 cm³/mol. The van der Waals surface area contributed by atoms with Crippen molar-refractivity contribution >= 4 is 11.7 Å². The van der Waals surface area contributed by atoms with Crippen molar-refractivity contribution in [1.82, 2.24) is 0 Å². The van der Waals surface area contributed by atoms with Crippen LogP contribution in [0.4, 0.5) is 18.9 Å². The van der Waals surface area contributed by atoms with Crippen LogP contribution in [-0.2, 0) is 4.74 Å². The van der Waals surface area contributed by atoms with Crippen LogP contribution in [0.3, 0.4) is 0 Å². The molecule has 122 valence electrons. The van der Waals surface area contributed by atoms with Gasteiger partial charge in [0.05, 0.1) is 7.11 Å². The number of methoxy groups -OCH3 is 1. The highest BCUT2D eigenvalue weighted by Gasteiger charge is 2.31. The summed E-state index contributed by atoms with van der Waals surface area (Å²) in [7, 11) is 1.19. The van der Waals surface area contributed by atoms with E-state index in [-0.39, 0.29) is 17.1 Å². The van der Waals surface area contributed by atoms with Gasteiger partial charge < -0.3 is 19.9 Å². The van der Waals surface area contributed by atoms with E-state index in [0.717, 1.165) is 12.1 Å². The Morgan fingerprint density at radius 3 is 2.43 bits per heavy atom. The quantitative estimate of drug-likeness (QED) is 0.684. The van der Waals surface area contributed by atoms with Crippen molar-refractivity contribution in [2.75, 3.05) is 12.8 Å². The number of benzene rings is 2. The Morgan fingerprint density at radius 1 is 1.09 bits per heavy atom. The van der Waals surface area contributed by atoms with Crippen LogP contribution in [0.1, 0.15) is 10.4 Å². The molecule has 0 unspecified atom stereocenters. The number of halogens is 3. The van der Waals surface area contributed by atoms with Crippen molar-refractivity contribution in [3.05, 3.63) is 48.0 Å². The second-order valence-corrected chi connectivity index (χ2v) is 4.37. The lowest BCUT2D eigenvalue weighted by atomic mass is 10.2. The lowest BCUT2D eigenvalue weighted by Gasteiger charge is -2.12. The van der Waals surface area contributed by atoms with Crippen LogP contribution in [0.2, 0.25) is 0 Å². The van der Waals surface area contributed by atoms with Gasteiger partial charge in [0.2, 0.25) is 0 Å². The number of anilines is 1. The number of carbonyl (C=O) groups excluding carboxylic acids is 1. The van der Waals surface area contributed by atoms with Crippen molar-refractivity contribution in [2.24, 2.45) is 0 Å². The summed E-state index contributed by atoms with van der Waals surface area (Å²) in [5.41, 5.74) is 5.96. The third-order valence-corrected chi connectivity index (χ3v) is 2.68. The lowest BCUT2D eigenvalue weighted by Crippen LogP contribution is -2.17. The van der Waals surface area contributed by atoms with E-state index in [2.05, 4.69) is 9.47 Å². The van der Waals surface area contributed by atoms with Gasteiger partial charge in [-0.25, -0.2) is 4.79 Å². The zero-order valence-electron chi connectivity index (χ0n) is 11.9. The predicted octanol–water partition coefficient (Wildman–Crippen LogP) is 3.75. The molecule has 0 aliphatic carbocycles. The van der Waals surface area contributed by atoms with Crippen LogP contribution in [0.15, 0.2) is 42.5 Å². The smallest absolute Gasteiger partial charge is 0.465 e. The Labute approximate surface area is 129 Å². The van der Waals surface area contributed by atoms with Gasteiger partial charge in [0.1, 0.15) is 22.8 Å². The van der Waals surface area contributed by atoms with E-state index < -0.39 is 18.1 Å². The standard InChI is InChI=1S/C15H12F3NO4/c1-21-14(20)12-7-9(19)5-6-13(12)22-10-3-2-4-11(8-10)23-15(16,17)18/h2-8H,19H2,1H3. The summed E-state index contributed by atoms with van der Waals surface area (Å²) in [6.45, 7) is 0. The molecule has 0 radical (unpaired) electrons. The van der Waals surface area contributed by atoms with E-state index in [1.54, 1.807) is 0 Å². The molecule has 0 aliphatic heterocycles. The number of esters is 1. The van der Waals surface area contributed by atoms with E-state index in [0.29, 0.717) is 5.69 Å². The van der Waals surface area contributed by atoms with Gasteiger partial charge in [-0.3, -0.25) is 0 Å². The van der Waals surface area contributed by atoms with Gasteiger partial charge in [-0.15, -0.1) is 13.2 Å². The molecule has 0 saturated heterocycles. The Morgan fingerprint density at radius 2 is 1.78 bits per heavy atom. The van der Waals surface area contributed by atoms with E-state index in [1.165, 1.54) is 37.4 Å². The van der Waals surface area contributed by atoms with Crippen molar-refractivity contribution in [3.8, 4) is 17.2 Å². The third kappa shape index (κ3) is 4.53. The molecule has 0 atom stereocenters. The number of rotatable bonds is 4. The van der Waals surface area contributed by atoms with Crippen molar-refractivity contribution in [2.45, 2.75) is 6.36 Å². The first-order valence-corrected chi connectivity index (χ1v) is 6.30. The highest BCUT2D eigenvalue weighted by Crippen LogP contribution is 2.31. The van der Waals surface area contributed by atoms with Gasteiger partial charge in [0.15, 0.2) is 0 Å². The maximum atomic E-state index is 12.2. The van der Waals surface area contributed by atoms with Crippen LogP contribution in [0.5, 0.6) is 17.2 Å². The van der Waals surface area contributed by atoms with E-state index in [4.69, 9.17) is 10.5 Å². The number of hydrogen-bond donors (Lipinski definition) is 1. The first-order valence-electron chi connectivity index (χ1n) is 6.30. The molecule has 2 aromatic rings. The molecule has 2 rings (SSSR count). The van der Waals surface area contributed by atoms with Gasteiger partial charge in [-0.2, -0.15) is 0 Å². The summed E-state index contributed by atoms with van der Waals surface area (Å²) >= 11 is 0. The molecule has 0 aromatic heterocycles. The Balaban J connectivity index is 2.29. The van der Waals surface area contributed by atoms with Crippen molar-refractivity contribution in [3.63, 3.8) is 0 Å². The summed E-state index contributed by atoms with van der Waals surface area (Å²) in [4.78, 5) is 11.7. The summed E-state index contributed by atoms with van der Waals surface area (Å²) in [6, 6.07) is 9.16. The molecule has 2 aromatic carbocycles. The number of nitrogen functional groups attached to an aromatic ring is 1. The second-order valence-electron chi connectivity index (χ2n) is 4.37. The molecule has 2 N–H and O–H groups in total. The Bertz CT molecular complexity index is 716. The molecule has 0 saturated carbocycles. The fraction of sp³-hybridized carbons (Fsp3) is 0.133. The molecule has 0 bridgehead atoms. The molecular weight excluding hydrogens is 315 g/mol. The van der Waals surface area contributed by atoms with E-state index in [1.807, 2.05) is 0 Å². The maximum absolute atomic E-state index is 12.2. The van der Waals surface area contributed by atoms with Crippen LogP contribution in [-0.4, -0.2) is 19.4 Å². The summed E-state index contributed by atoms with van der Waals surface area (Å²) in [5, 5.41) is 0. The second kappa shape index (κ2) is 6.47. The number of nitrogens with two attached hydrogens (primary N) is 1. The van der Waals surface area contributed by atoms with Gasteiger partial charge in [-0.05, 0) is 30.3 Å². The normalized spacial score (nSPS) is 11.0. The van der Waals surface area contributed by atoms with E-state index in [9.17, 15) is 18.0 Å². The molecule has 0 spiro atoms. The fourth-order valence-corrected chi connectivity index (χ4v) is 1.77. The van der Waals surface area contributed by atoms with E-state index >= 15 is 0 Å². The minimum atomic E-state index is -4.81. The largest absolute Gasteiger partial charge is 0.573 e. The highest BCUT2D eigenvalue weighted by atomic mass is 19.4. The van der Waals surface area contributed by atoms with Crippen LogP contribution in [0, 0.1) is 0 Å². The molecule has 23 heavy (non-hydrogen) atoms. The average molecular weight is 327 g/mol. The number of carbonyl (C=O) groups is 1. The Hall–Kier alpha value is -2.90. The molecule has 0 fully saturated rings. The Kier molecular flexibility index (Phi) is 4.63. The van der Waals surface area contributed by atoms with Crippen LogP contribution in [0.25, 0.3) is 0 Å². The van der Waals surface area contributed by atoms with Crippen LogP contribution < -0.4 is 15.2 Å². The average Bonchev–Trinajstić information content (AvgIpc) is 2.47. The fourth-order valence-electron chi connectivity index (χ4n) is 1.77. The molecule has 0 amide bonds. The summed E-state index contributed by atoms with van der Waals surface area (Å²) < 4.78 is 50.5. The van der Waals surface area contributed by atoms with Crippen molar-refractivity contribution < 1.29 is 32.2 Å². The zero-order chi connectivity index (χ0) is 17.0.